The minimum absolute atomic E-state index is 0.00429. The highest BCUT2D eigenvalue weighted by atomic mass is 32.1. The number of nitrogens with one attached hydrogen (secondary N) is 1. The zero-order chi connectivity index (χ0) is 15.9. The van der Waals surface area contributed by atoms with Gasteiger partial charge in [0.15, 0.2) is 0 Å². The predicted molar refractivity (Wildman–Crippen MR) is 88.1 cm³/mol. The number of hydrogen-bond donors (Lipinski definition) is 1. The highest BCUT2D eigenvalue weighted by molar-refractivity contribution is 7.10. The van der Waals surface area contributed by atoms with Crippen LogP contribution in [0.4, 0.5) is 0 Å². The zero-order valence-electron chi connectivity index (χ0n) is 13.0. The van der Waals surface area contributed by atoms with E-state index >= 15 is 0 Å². The molecule has 0 saturated carbocycles. The van der Waals surface area contributed by atoms with Crippen LogP contribution < -0.4 is 10.1 Å². The molecule has 0 saturated heterocycles. The van der Waals surface area contributed by atoms with Crippen LogP contribution in [0.3, 0.4) is 0 Å². The third kappa shape index (κ3) is 4.58. The van der Waals surface area contributed by atoms with E-state index in [0.717, 1.165) is 16.2 Å². The second-order valence-corrected chi connectivity index (χ2v) is 6.03. The van der Waals surface area contributed by atoms with Gasteiger partial charge in [-0.1, -0.05) is 18.2 Å². The number of amides is 1. The fourth-order valence-electron chi connectivity index (χ4n) is 2.00. The molecule has 4 nitrogen and oxygen atoms in total. The van der Waals surface area contributed by atoms with E-state index in [1.54, 1.807) is 25.4 Å². The van der Waals surface area contributed by atoms with Gasteiger partial charge in [-0.25, -0.2) is 0 Å². The monoisotopic (exact) mass is 319 g/mol. The van der Waals surface area contributed by atoms with Crippen molar-refractivity contribution in [2.75, 3.05) is 7.11 Å². The minimum Gasteiger partial charge on any atom is -0.497 e. The normalized spacial score (nSPS) is 13.4. The first-order chi connectivity index (χ1) is 10.6. The van der Waals surface area contributed by atoms with Gasteiger partial charge in [0, 0.05) is 4.88 Å². The van der Waals surface area contributed by atoms with E-state index in [-0.39, 0.29) is 11.9 Å². The number of methoxy groups -OCH3 is 1. The molecule has 0 unspecified atom stereocenters. The van der Waals surface area contributed by atoms with Crippen LogP contribution in [0, 0.1) is 0 Å². The molecule has 1 amide bonds. The number of rotatable bonds is 7. The summed E-state index contributed by atoms with van der Waals surface area (Å²) in [5, 5.41) is 4.96. The van der Waals surface area contributed by atoms with Crippen LogP contribution in [-0.4, -0.2) is 19.1 Å². The molecular weight excluding hydrogens is 298 g/mol. The van der Waals surface area contributed by atoms with Crippen LogP contribution in [0.15, 0.2) is 41.8 Å². The van der Waals surface area contributed by atoms with Gasteiger partial charge in [-0.2, -0.15) is 0 Å². The molecule has 118 valence electrons. The van der Waals surface area contributed by atoms with Gasteiger partial charge < -0.3 is 14.8 Å². The Morgan fingerprint density at radius 2 is 2.09 bits per heavy atom. The fraction of sp³-hybridized carbons (Fsp3) is 0.353. The average molecular weight is 319 g/mol. The predicted octanol–water partition coefficient (Wildman–Crippen LogP) is 3.54. The summed E-state index contributed by atoms with van der Waals surface area (Å²) in [6, 6.07) is 11.6. The van der Waals surface area contributed by atoms with E-state index in [2.05, 4.69) is 5.32 Å². The lowest BCUT2D eigenvalue weighted by molar-refractivity contribution is -0.133. The summed E-state index contributed by atoms with van der Waals surface area (Å²) >= 11 is 1.63. The summed E-state index contributed by atoms with van der Waals surface area (Å²) in [6.45, 7) is 4.11. The SMILES string of the molecule is COc1cccc(CO[C@@H](C)C(=O)N[C@@H](C)c2cccs2)c1. The van der Waals surface area contributed by atoms with Crippen molar-refractivity contribution in [2.45, 2.75) is 32.6 Å². The first-order valence-corrected chi connectivity index (χ1v) is 8.06. The number of ether oxygens (including phenoxy) is 2. The van der Waals surface area contributed by atoms with Crippen LogP contribution >= 0.6 is 11.3 Å². The topological polar surface area (TPSA) is 47.6 Å². The van der Waals surface area contributed by atoms with E-state index < -0.39 is 6.10 Å². The first kappa shape index (κ1) is 16.5. The van der Waals surface area contributed by atoms with Crippen molar-refractivity contribution < 1.29 is 14.3 Å². The summed E-state index contributed by atoms with van der Waals surface area (Å²) < 4.78 is 10.8. The third-order valence-corrected chi connectivity index (χ3v) is 4.39. The third-order valence-electron chi connectivity index (χ3n) is 3.33. The van der Waals surface area contributed by atoms with Gasteiger partial charge in [-0.15, -0.1) is 11.3 Å². The largest absolute Gasteiger partial charge is 0.497 e. The van der Waals surface area contributed by atoms with Crippen molar-refractivity contribution in [3.8, 4) is 5.75 Å². The molecule has 1 heterocycles. The smallest absolute Gasteiger partial charge is 0.249 e. The molecule has 2 atom stereocenters. The molecule has 0 radical (unpaired) electrons. The molecule has 1 N–H and O–H groups in total. The number of carbonyl (C=O) groups is 1. The van der Waals surface area contributed by atoms with Crippen LogP contribution in [0.2, 0.25) is 0 Å². The van der Waals surface area contributed by atoms with Crippen molar-refractivity contribution >= 4 is 17.2 Å². The molecule has 5 heteroatoms. The Hall–Kier alpha value is -1.85. The Morgan fingerprint density at radius 1 is 1.27 bits per heavy atom. The van der Waals surface area contributed by atoms with E-state index in [1.165, 1.54) is 0 Å². The van der Waals surface area contributed by atoms with Gasteiger partial charge >= 0.3 is 0 Å². The Balaban J connectivity index is 1.83. The van der Waals surface area contributed by atoms with Crippen molar-refractivity contribution in [3.63, 3.8) is 0 Å². The number of hydrogen-bond acceptors (Lipinski definition) is 4. The van der Waals surface area contributed by atoms with E-state index in [0.29, 0.717) is 6.61 Å². The second kappa shape index (κ2) is 7.96. The number of benzene rings is 1. The first-order valence-electron chi connectivity index (χ1n) is 7.18. The molecule has 0 bridgehead atoms. The van der Waals surface area contributed by atoms with E-state index in [9.17, 15) is 4.79 Å². The summed E-state index contributed by atoms with van der Waals surface area (Å²) in [6.07, 6.45) is -0.506. The molecule has 0 aliphatic heterocycles. The lowest BCUT2D eigenvalue weighted by Gasteiger charge is -2.17. The van der Waals surface area contributed by atoms with Gasteiger partial charge in [-0.3, -0.25) is 4.79 Å². The lowest BCUT2D eigenvalue weighted by Crippen LogP contribution is -2.35. The Kier molecular flexibility index (Phi) is 5.98. The summed E-state index contributed by atoms with van der Waals surface area (Å²) in [7, 11) is 1.63. The molecule has 1 aromatic heterocycles. The van der Waals surface area contributed by atoms with E-state index in [1.807, 2.05) is 48.7 Å². The van der Waals surface area contributed by atoms with Crippen LogP contribution in [0.1, 0.15) is 30.3 Å². The Morgan fingerprint density at radius 3 is 2.77 bits per heavy atom. The molecule has 2 rings (SSSR count). The molecule has 2 aromatic rings. The second-order valence-electron chi connectivity index (χ2n) is 5.05. The number of carbonyl (C=O) groups excluding carboxylic acids is 1. The molecule has 0 aliphatic carbocycles. The Bertz CT molecular complexity index is 598. The molecule has 1 aromatic carbocycles. The number of thiophene rings is 1. The van der Waals surface area contributed by atoms with Gasteiger partial charge in [0.05, 0.1) is 19.8 Å². The van der Waals surface area contributed by atoms with Gasteiger partial charge in [0.1, 0.15) is 11.9 Å². The summed E-state index contributed by atoms with van der Waals surface area (Å²) in [4.78, 5) is 13.3. The summed E-state index contributed by atoms with van der Waals surface area (Å²) in [5.41, 5.74) is 0.977. The quantitative estimate of drug-likeness (QED) is 0.849. The molecule has 0 fully saturated rings. The van der Waals surface area contributed by atoms with Crippen LogP contribution in [0.25, 0.3) is 0 Å². The van der Waals surface area contributed by atoms with Crippen molar-refractivity contribution in [2.24, 2.45) is 0 Å². The highest BCUT2D eigenvalue weighted by Gasteiger charge is 2.17. The van der Waals surface area contributed by atoms with E-state index in [4.69, 9.17) is 9.47 Å². The summed E-state index contributed by atoms with van der Waals surface area (Å²) in [5.74, 6) is 0.674. The molecule has 0 aliphatic rings. The maximum atomic E-state index is 12.1. The van der Waals surface area contributed by atoms with Gasteiger partial charge in [-0.05, 0) is 43.0 Å². The van der Waals surface area contributed by atoms with Gasteiger partial charge in [0.25, 0.3) is 0 Å². The maximum absolute atomic E-state index is 12.1. The average Bonchev–Trinajstić information content (AvgIpc) is 3.07. The van der Waals surface area contributed by atoms with Crippen molar-refractivity contribution in [3.05, 3.63) is 52.2 Å². The highest BCUT2D eigenvalue weighted by Crippen LogP contribution is 2.18. The molecular formula is C17H21NO3S. The Labute approximate surface area is 135 Å². The van der Waals surface area contributed by atoms with Gasteiger partial charge in [0.2, 0.25) is 5.91 Å². The van der Waals surface area contributed by atoms with Crippen molar-refractivity contribution in [1.82, 2.24) is 5.32 Å². The maximum Gasteiger partial charge on any atom is 0.249 e. The standard InChI is InChI=1S/C17H21NO3S/c1-12(16-8-5-9-22-16)18-17(19)13(2)21-11-14-6-4-7-15(10-14)20-3/h4-10,12-13H,11H2,1-3H3,(H,18,19)/t12-,13-/m0/s1. The molecule has 22 heavy (non-hydrogen) atoms. The van der Waals surface area contributed by atoms with Crippen LogP contribution in [0.5, 0.6) is 5.75 Å². The zero-order valence-corrected chi connectivity index (χ0v) is 13.9. The fourth-order valence-corrected chi connectivity index (χ4v) is 2.73. The van der Waals surface area contributed by atoms with Crippen LogP contribution in [-0.2, 0) is 16.1 Å². The minimum atomic E-state index is -0.506. The lowest BCUT2D eigenvalue weighted by atomic mass is 10.2. The van der Waals surface area contributed by atoms with Crippen molar-refractivity contribution in [1.29, 1.82) is 0 Å². The molecule has 0 spiro atoms.